The largest absolute Gasteiger partial charge is 0.341 e. The Bertz CT molecular complexity index is 852. The average Bonchev–Trinajstić information content (AvgIpc) is 2.72. The summed E-state index contributed by atoms with van der Waals surface area (Å²) in [6.07, 6.45) is 3.03. The first kappa shape index (κ1) is 19.9. The first-order valence-corrected chi connectivity index (χ1v) is 9.24. The van der Waals surface area contributed by atoms with Gasteiger partial charge in [-0.25, -0.2) is 13.2 Å². The molecule has 1 N–H and O–H groups in total. The lowest BCUT2D eigenvalue weighted by molar-refractivity contribution is -0.134. The van der Waals surface area contributed by atoms with E-state index in [-0.39, 0.29) is 12.3 Å². The summed E-state index contributed by atoms with van der Waals surface area (Å²) >= 11 is 0. The molecule has 1 fully saturated rings. The molecular formula is C21H21F3N2O2. The van der Waals surface area contributed by atoms with Crippen molar-refractivity contribution in [3.05, 3.63) is 71.0 Å². The van der Waals surface area contributed by atoms with E-state index in [2.05, 4.69) is 5.32 Å². The zero-order valence-electron chi connectivity index (χ0n) is 15.3. The van der Waals surface area contributed by atoms with Crippen molar-refractivity contribution in [2.75, 3.05) is 13.1 Å². The van der Waals surface area contributed by atoms with Crippen LogP contribution in [0.1, 0.15) is 35.2 Å². The quantitative estimate of drug-likeness (QED) is 0.795. The van der Waals surface area contributed by atoms with Crippen molar-refractivity contribution in [1.29, 1.82) is 0 Å². The molecule has 0 aromatic heterocycles. The summed E-state index contributed by atoms with van der Waals surface area (Å²) in [5.41, 5.74) is 0.187. The fourth-order valence-electron chi connectivity index (χ4n) is 3.32. The highest BCUT2D eigenvalue weighted by Crippen LogP contribution is 2.17. The zero-order chi connectivity index (χ0) is 20.1. The minimum Gasteiger partial charge on any atom is -0.341 e. The summed E-state index contributed by atoms with van der Waals surface area (Å²) in [5.74, 6) is -5.88. The van der Waals surface area contributed by atoms with Crippen LogP contribution in [0.3, 0.4) is 0 Å². The second-order valence-electron chi connectivity index (χ2n) is 6.82. The standard InChI is InChI=1S/C21H21F3N2O2/c22-16-10-9-15(18(23)19(16)24)20(27)25-17(13-14-7-3-1-4-8-14)21(28)26-11-5-2-6-12-26/h1,3-4,7-10,17H,2,5-6,11-13H2,(H,25,27)/t17-/m1/s1. The first-order valence-electron chi connectivity index (χ1n) is 9.24. The van der Waals surface area contributed by atoms with E-state index in [4.69, 9.17) is 0 Å². The zero-order valence-corrected chi connectivity index (χ0v) is 15.3. The third kappa shape index (κ3) is 4.52. The van der Waals surface area contributed by atoms with Gasteiger partial charge in [0.25, 0.3) is 5.91 Å². The molecule has 1 aliphatic rings. The van der Waals surface area contributed by atoms with Crippen LogP contribution >= 0.6 is 0 Å². The summed E-state index contributed by atoms with van der Waals surface area (Å²) < 4.78 is 40.6. The number of carbonyl (C=O) groups excluding carboxylic acids is 2. The molecule has 2 aromatic rings. The average molecular weight is 390 g/mol. The number of halogens is 3. The highest BCUT2D eigenvalue weighted by Gasteiger charge is 2.29. The van der Waals surface area contributed by atoms with Crippen LogP contribution in [-0.4, -0.2) is 35.8 Å². The highest BCUT2D eigenvalue weighted by molar-refractivity contribution is 5.97. The van der Waals surface area contributed by atoms with Crippen LogP contribution in [0.2, 0.25) is 0 Å². The predicted molar refractivity (Wildman–Crippen MR) is 98.1 cm³/mol. The summed E-state index contributed by atoms with van der Waals surface area (Å²) in [6.45, 7) is 1.19. The van der Waals surface area contributed by atoms with E-state index >= 15 is 0 Å². The van der Waals surface area contributed by atoms with Crippen LogP contribution in [0.5, 0.6) is 0 Å². The maximum Gasteiger partial charge on any atom is 0.255 e. The molecule has 1 saturated heterocycles. The van der Waals surface area contributed by atoms with Crippen LogP contribution in [0.15, 0.2) is 42.5 Å². The monoisotopic (exact) mass is 390 g/mol. The van der Waals surface area contributed by atoms with Gasteiger partial charge in [0.05, 0.1) is 5.56 Å². The Morgan fingerprint density at radius 2 is 1.61 bits per heavy atom. The van der Waals surface area contributed by atoms with Gasteiger partial charge in [0, 0.05) is 19.5 Å². The Balaban J connectivity index is 1.82. The summed E-state index contributed by atoms with van der Waals surface area (Å²) in [6, 6.07) is 9.73. The van der Waals surface area contributed by atoms with E-state index in [1.165, 1.54) is 0 Å². The normalized spacial score (nSPS) is 15.2. The molecular weight excluding hydrogens is 369 g/mol. The molecule has 1 atom stereocenters. The number of nitrogens with zero attached hydrogens (tertiary/aromatic N) is 1. The van der Waals surface area contributed by atoms with Crippen LogP contribution < -0.4 is 5.32 Å². The number of benzene rings is 2. The van der Waals surface area contributed by atoms with E-state index in [9.17, 15) is 22.8 Å². The molecule has 0 aliphatic carbocycles. The number of piperidine rings is 1. The molecule has 1 aliphatic heterocycles. The molecule has 0 bridgehead atoms. The topological polar surface area (TPSA) is 49.4 Å². The van der Waals surface area contributed by atoms with Gasteiger partial charge < -0.3 is 10.2 Å². The van der Waals surface area contributed by atoms with Crippen molar-refractivity contribution in [3.63, 3.8) is 0 Å². The third-order valence-electron chi connectivity index (χ3n) is 4.83. The number of likely N-dealkylation sites (tertiary alicyclic amines) is 1. The van der Waals surface area contributed by atoms with Crippen molar-refractivity contribution < 1.29 is 22.8 Å². The fraction of sp³-hybridized carbons (Fsp3) is 0.333. The maximum absolute atomic E-state index is 14.0. The van der Waals surface area contributed by atoms with Gasteiger partial charge in [0.2, 0.25) is 5.91 Å². The first-order chi connectivity index (χ1) is 13.5. The number of hydrogen-bond acceptors (Lipinski definition) is 2. The smallest absolute Gasteiger partial charge is 0.255 e. The van der Waals surface area contributed by atoms with Crippen LogP contribution in [0.25, 0.3) is 0 Å². The lowest BCUT2D eigenvalue weighted by Gasteiger charge is -2.31. The molecule has 0 radical (unpaired) electrons. The Kier molecular flexibility index (Phi) is 6.34. The molecule has 28 heavy (non-hydrogen) atoms. The molecule has 2 amide bonds. The van der Waals surface area contributed by atoms with Gasteiger partial charge in [0.15, 0.2) is 17.5 Å². The van der Waals surface area contributed by atoms with Crippen molar-refractivity contribution in [2.24, 2.45) is 0 Å². The molecule has 1 heterocycles. The fourth-order valence-corrected chi connectivity index (χ4v) is 3.32. The van der Waals surface area contributed by atoms with Crippen molar-refractivity contribution in [1.82, 2.24) is 10.2 Å². The summed E-state index contributed by atoms with van der Waals surface area (Å²) in [7, 11) is 0. The number of amides is 2. The Hall–Kier alpha value is -2.83. The molecule has 0 saturated carbocycles. The van der Waals surface area contributed by atoms with E-state index in [0.717, 1.165) is 30.9 Å². The van der Waals surface area contributed by atoms with Crippen LogP contribution in [0.4, 0.5) is 13.2 Å². The number of nitrogens with one attached hydrogen (secondary N) is 1. The van der Waals surface area contributed by atoms with Gasteiger partial charge in [-0.3, -0.25) is 9.59 Å². The second kappa shape index (κ2) is 8.91. The van der Waals surface area contributed by atoms with Gasteiger partial charge in [-0.2, -0.15) is 0 Å². The van der Waals surface area contributed by atoms with E-state index in [1.54, 1.807) is 4.90 Å². The third-order valence-corrected chi connectivity index (χ3v) is 4.83. The Morgan fingerprint density at radius 3 is 2.29 bits per heavy atom. The van der Waals surface area contributed by atoms with Crippen molar-refractivity contribution in [3.8, 4) is 0 Å². The van der Waals surface area contributed by atoms with Gasteiger partial charge >= 0.3 is 0 Å². The van der Waals surface area contributed by atoms with Crippen LogP contribution in [0, 0.1) is 17.5 Å². The predicted octanol–water partition coefficient (Wildman–Crippen LogP) is 3.46. The molecule has 0 unspecified atom stereocenters. The Labute approximate surface area is 161 Å². The molecule has 0 spiro atoms. The number of hydrogen-bond donors (Lipinski definition) is 1. The minimum atomic E-state index is -1.71. The molecule has 3 rings (SSSR count). The number of rotatable bonds is 5. The lowest BCUT2D eigenvalue weighted by atomic mass is 10.0. The molecule has 148 valence electrons. The molecule has 4 nitrogen and oxygen atoms in total. The molecule has 7 heteroatoms. The van der Waals surface area contributed by atoms with Crippen molar-refractivity contribution >= 4 is 11.8 Å². The lowest BCUT2D eigenvalue weighted by Crippen LogP contribution is -2.51. The maximum atomic E-state index is 14.0. The summed E-state index contributed by atoms with van der Waals surface area (Å²) in [5, 5.41) is 2.51. The van der Waals surface area contributed by atoms with Gasteiger partial charge in [-0.15, -0.1) is 0 Å². The van der Waals surface area contributed by atoms with Crippen molar-refractivity contribution in [2.45, 2.75) is 31.7 Å². The highest BCUT2D eigenvalue weighted by atomic mass is 19.2. The van der Waals surface area contributed by atoms with Gasteiger partial charge in [-0.1, -0.05) is 30.3 Å². The number of carbonyl (C=O) groups is 2. The summed E-state index contributed by atoms with van der Waals surface area (Å²) in [4.78, 5) is 27.1. The minimum absolute atomic E-state index is 0.215. The van der Waals surface area contributed by atoms with Gasteiger partial charge in [0.1, 0.15) is 6.04 Å². The van der Waals surface area contributed by atoms with E-state index < -0.39 is 35.0 Å². The Morgan fingerprint density at radius 1 is 0.929 bits per heavy atom. The van der Waals surface area contributed by atoms with Gasteiger partial charge in [-0.05, 0) is 37.0 Å². The second-order valence-corrected chi connectivity index (χ2v) is 6.82. The van der Waals surface area contributed by atoms with E-state index in [1.807, 2.05) is 30.3 Å². The molecule has 2 aromatic carbocycles. The SMILES string of the molecule is O=C(N[C@H](Cc1ccccc1)C(=O)N1CCCCC1)c1ccc(F)c(F)c1F. The van der Waals surface area contributed by atoms with E-state index in [0.29, 0.717) is 19.2 Å². The van der Waals surface area contributed by atoms with Crippen LogP contribution in [-0.2, 0) is 11.2 Å².